The Morgan fingerprint density at radius 3 is 2.56 bits per heavy atom. The number of nitrogen functional groups attached to an aromatic ring is 1. The lowest BCUT2D eigenvalue weighted by Gasteiger charge is -2.17. The first-order chi connectivity index (χ1) is 16.5. The summed E-state index contributed by atoms with van der Waals surface area (Å²) in [7, 11) is 0. The van der Waals surface area contributed by atoms with Crippen LogP contribution in [0.25, 0.3) is 27.8 Å². The largest absolute Gasteiger partial charge is 0.489 e. The lowest BCUT2D eigenvalue weighted by atomic mass is 10.1. The van der Waals surface area contributed by atoms with E-state index >= 15 is 0 Å². The van der Waals surface area contributed by atoms with Gasteiger partial charge in [-0.3, -0.25) is 9.25 Å². The summed E-state index contributed by atoms with van der Waals surface area (Å²) in [6.45, 7) is 3.51. The molecule has 0 aliphatic carbocycles. The first-order valence-corrected chi connectivity index (χ1v) is 11.0. The Hall–Kier alpha value is -3.98. The van der Waals surface area contributed by atoms with Crippen molar-refractivity contribution >= 4 is 27.9 Å². The van der Waals surface area contributed by atoms with E-state index in [1.165, 1.54) is 11.0 Å². The van der Waals surface area contributed by atoms with Crippen molar-refractivity contribution < 1.29 is 14.2 Å². The third-order valence-corrected chi connectivity index (χ3v) is 6.06. The SMILES string of the molecule is Cc1ccc(OCc2ccccc2)c(C)c1-n1c2ncnc(N)c2c2c(CO)n(CCF)nc21. The van der Waals surface area contributed by atoms with E-state index in [1.54, 1.807) is 0 Å². The van der Waals surface area contributed by atoms with Gasteiger partial charge in [-0.2, -0.15) is 5.10 Å². The van der Waals surface area contributed by atoms with E-state index in [1.807, 2.05) is 60.9 Å². The van der Waals surface area contributed by atoms with Gasteiger partial charge in [0.15, 0.2) is 11.3 Å². The van der Waals surface area contributed by atoms with E-state index in [2.05, 4.69) is 15.1 Å². The minimum absolute atomic E-state index is 0.0256. The summed E-state index contributed by atoms with van der Waals surface area (Å²) in [5.41, 5.74) is 11.6. The second kappa shape index (κ2) is 8.75. The third kappa shape index (κ3) is 3.45. The number of anilines is 1. The Bertz CT molecular complexity index is 1490. The fraction of sp³-hybridized carbons (Fsp3) is 0.240. The molecule has 8 nitrogen and oxygen atoms in total. The van der Waals surface area contributed by atoms with Crippen LogP contribution in [-0.4, -0.2) is 36.1 Å². The van der Waals surface area contributed by atoms with Crippen LogP contribution in [-0.2, 0) is 19.8 Å². The summed E-state index contributed by atoms with van der Waals surface area (Å²) in [6, 6.07) is 13.9. The number of fused-ring (bicyclic) bond motifs is 3. The number of aliphatic hydroxyl groups is 1. The molecule has 0 amide bonds. The highest BCUT2D eigenvalue weighted by molar-refractivity contribution is 6.12. The topological polar surface area (TPSA) is 104 Å². The Labute approximate surface area is 195 Å². The number of rotatable bonds is 7. The van der Waals surface area contributed by atoms with Crippen LogP contribution in [0.15, 0.2) is 48.8 Å². The molecule has 5 aromatic rings. The number of alkyl halides is 1. The Morgan fingerprint density at radius 2 is 1.82 bits per heavy atom. The van der Waals surface area contributed by atoms with Crippen molar-refractivity contribution in [3.8, 4) is 11.4 Å². The third-order valence-electron chi connectivity index (χ3n) is 6.06. The summed E-state index contributed by atoms with van der Waals surface area (Å²) in [5.74, 6) is 1.00. The fourth-order valence-corrected chi connectivity index (χ4v) is 4.48. The van der Waals surface area contributed by atoms with Crippen LogP contribution in [0.5, 0.6) is 5.75 Å². The molecule has 9 heteroatoms. The average Bonchev–Trinajstić information content (AvgIpc) is 3.34. The first-order valence-electron chi connectivity index (χ1n) is 11.0. The Balaban J connectivity index is 1.74. The molecule has 5 rings (SSSR count). The number of aryl methyl sites for hydroxylation is 2. The normalized spacial score (nSPS) is 11.5. The number of nitrogens with zero attached hydrogens (tertiary/aromatic N) is 5. The molecule has 0 atom stereocenters. The predicted molar refractivity (Wildman–Crippen MR) is 129 cm³/mol. The van der Waals surface area contributed by atoms with Gasteiger partial charge >= 0.3 is 0 Å². The molecule has 3 aromatic heterocycles. The average molecular weight is 461 g/mol. The maximum atomic E-state index is 13.2. The molecule has 0 saturated heterocycles. The number of benzene rings is 2. The van der Waals surface area contributed by atoms with E-state index in [4.69, 9.17) is 10.5 Å². The zero-order chi connectivity index (χ0) is 23.8. The number of ether oxygens (including phenoxy) is 1. The van der Waals surface area contributed by atoms with Crippen LogP contribution in [0.1, 0.15) is 22.4 Å². The first kappa shape index (κ1) is 21.8. The van der Waals surface area contributed by atoms with Gasteiger partial charge in [0.25, 0.3) is 0 Å². The molecular weight excluding hydrogens is 435 g/mol. The van der Waals surface area contributed by atoms with E-state index in [-0.39, 0.29) is 19.0 Å². The molecule has 174 valence electrons. The van der Waals surface area contributed by atoms with Gasteiger partial charge in [0.1, 0.15) is 31.2 Å². The second-order valence-corrected chi connectivity index (χ2v) is 8.14. The molecular formula is C25H25FN6O2. The van der Waals surface area contributed by atoms with Crippen molar-refractivity contribution in [2.75, 3.05) is 12.4 Å². The van der Waals surface area contributed by atoms with Crippen molar-refractivity contribution in [2.24, 2.45) is 0 Å². The van der Waals surface area contributed by atoms with Gasteiger partial charge in [0, 0.05) is 5.56 Å². The van der Waals surface area contributed by atoms with Gasteiger partial charge in [0.05, 0.1) is 35.3 Å². The summed E-state index contributed by atoms with van der Waals surface area (Å²) < 4.78 is 22.8. The van der Waals surface area contributed by atoms with Crippen molar-refractivity contribution in [1.82, 2.24) is 24.3 Å². The Morgan fingerprint density at radius 1 is 1.03 bits per heavy atom. The number of aromatic nitrogens is 5. The highest BCUT2D eigenvalue weighted by Crippen LogP contribution is 2.38. The van der Waals surface area contributed by atoms with E-state index in [0.717, 1.165) is 28.1 Å². The number of hydrogen-bond acceptors (Lipinski definition) is 6. The molecule has 0 spiro atoms. The lowest BCUT2D eigenvalue weighted by molar-refractivity contribution is 0.266. The Kier molecular flexibility index (Phi) is 5.62. The maximum Gasteiger partial charge on any atom is 0.169 e. The van der Waals surface area contributed by atoms with Crippen LogP contribution in [0.3, 0.4) is 0 Å². The van der Waals surface area contributed by atoms with Crippen LogP contribution < -0.4 is 10.5 Å². The molecule has 3 N–H and O–H groups in total. The standard InChI is InChI=1S/C25H25FN6O2/c1-15-8-9-19(34-13-17-6-4-3-5-7-17)16(2)22(15)32-24-21(23(27)28-14-29-24)20-18(12-33)31(11-10-26)30-25(20)32/h3-9,14,33H,10-13H2,1-2H3,(H2,27,28,29). The maximum absolute atomic E-state index is 13.2. The van der Waals surface area contributed by atoms with Crippen LogP contribution in [0.2, 0.25) is 0 Å². The lowest BCUT2D eigenvalue weighted by Crippen LogP contribution is -2.09. The molecule has 0 aliphatic rings. The van der Waals surface area contributed by atoms with Gasteiger partial charge < -0.3 is 15.6 Å². The zero-order valence-electron chi connectivity index (χ0n) is 19.0. The highest BCUT2D eigenvalue weighted by Gasteiger charge is 2.26. The van der Waals surface area contributed by atoms with Crippen molar-refractivity contribution in [2.45, 2.75) is 33.6 Å². The molecule has 34 heavy (non-hydrogen) atoms. The van der Waals surface area contributed by atoms with Crippen molar-refractivity contribution in [3.05, 3.63) is 71.2 Å². The van der Waals surface area contributed by atoms with Crippen LogP contribution in [0, 0.1) is 13.8 Å². The van der Waals surface area contributed by atoms with Gasteiger partial charge in [0.2, 0.25) is 0 Å². The molecule has 3 heterocycles. The highest BCUT2D eigenvalue weighted by atomic mass is 19.1. The van der Waals surface area contributed by atoms with Gasteiger partial charge in [-0.15, -0.1) is 0 Å². The quantitative estimate of drug-likeness (QED) is 0.380. The molecule has 0 aliphatic heterocycles. The summed E-state index contributed by atoms with van der Waals surface area (Å²) in [4.78, 5) is 8.67. The summed E-state index contributed by atoms with van der Waals surface area (Å²) >= 11 is 0. The summed E-state index contributed by atoms with van der Waals surface area (Å²) in [6.07, 6.45) is 1.40. The van der Waals surface area contributed by atoms with E-state index in [0.29, 0.717) is 34.4 Å². The van der Waals surface area contributed by atoms with Crippen molar-refractivity contribution in [3.63, 3.8) is 0 Å². The van der Waals surface area contributed by atoms with Gasteiger partial charge in [-0.1, -0.05) is 36.4 Å². The second-order valence-electron chi connectivity index (χ2n) is 8.14. The summed E-state index contributed by atoms with van der Waals surface area (Å²) in [5, 5.41) is 16.0. The monoisotopic (exact) mass is 460 g/mol. The van der Waals surface area contributed by atoms with E-state index in [9.17, 15) is 9.50 Å². The van der Waals surface area contributed by atoms with E-state index < -0.39 is 6.67 Å². The number of hydrogen-bond donors (Lipinski definition) is 2. The van der Waals surface area contributed by atoms with Gasteiger partial charge in [-0.05, 0) is 31.0 Å². The molecule has 0 fully saturated rings. The smallest absolute Gasteiger partial charge is 0.169 e. The molecule has 0 radical (unpaired) electrons. The van der Waals surface area contributed by atoms with Crippen LogP contribution >= 0.6 is 0 Å². The number of nitrogens with two attached hydrogens (primary N) is 1. The molecule has 2 aromatic carbocycles. The molecule has 0 bridgehead atoms. The van der Waals surface area contributed by atoms with Crippen molar-refractivity contribution in [1.29, 1.82) is 0 Å². The van der Waals surface area contributed by atoms with Crippen LogP contribution in [0.4, 0.5) is 10.2 Å². The van der Waals surface area contributed by atoms with Gasteiger partial charge in [-0.25, -0.2) is 14.4 Å². The molecule has 0 saturated carbocycles. The number of halogens is 1. The fourth-order valence-electron chi connectivity index (χ4n) is 4.48. The minimum atomic E-state index is -0.609. The minimum Gasteiger partial charge on any atom is -0.489 e. The predicted octanol–water partition coefficient (Wildman–Crippen LogP) is 4.01. The number of aliphatic hydroxyl groups excluding tert-OH is 1. The zero-order valence-corrected chi connectivity index (χ0v) is 19.0. The molecule has 0 unspecified atom stereocenters.